The Morgan fingerprint density at radius 2 is 0.680 bits per heavy atom. The quantitative estimate of drug-likeness (QED) is 0.0238. The summed E-state index contributed by atoms with van der Waals surface area (Å²) in [7, 11) is 1.44. The molecule has 0 fully saturated rings. The molecule has 0 bridgehead atoms. The molecule has 0 aromatic heterocycles. The van der Waals surface area contributed by atoms with Crippen molar-refractivity contribution < 1.29 is 47.5 Å². The molecule has 4 atom stereocenters. The lowest BCUT2D eigenvalue weighted by atomic mass is 10.0. The Morgan fingerprint density at radius 1 is 0.328 bits per heavy atom. The van der Waals surface area contributed by atoms with E-state index in [1.54, 1.807) is 201 Å². The molecule has 32 heteroatoms. The summed E-state index contributed by atoms with van der Waals surface area (Å²) in [4.78, 5) is 111. The van der Waals surface area contributed by atoms with Gasteiger partial charge in [0.15, 0.2) is 0 Å². The number of carbonyl (C=O) groups is 8. The number of amidine groups is 4. The Hall–Kier alpha value is -12.3. The third-order valence-corrected chi connectivity index (χ3v) is 20.2. The van der Waals surface area contributed by atoms with Gasteiger partial charge in [-0.15, -0.1) is 0 Å². The van der Waals surface area contributed by atoms with Crippen molar-refractivity contribution >= 4 is 187 Å². The third-order valence-electron chi connectivity index (χ3n) is 17.3. The molecule has 0 saturated heterocycles. The fourth-order valence-electron chi connectivity index (χ4n) is 11.2. The summed E-state index contributed by atoms with van der Waals surface area (Å²) in [6, 6.07) is 72.1. The smallest absolute Gasteiger partial charge is 0.274 e. The molecule has 620 valence electrons. The predicted molar refractivity (Wildman–Crippen MR) is 481 cm³/mol. The first-order valence-corrected chi connectivity index (χ1v) is 39.8. The predicted octanol–water partition coefficient (Wildman–Crippen LogP) is 19.8. The summed E-state index contributed by atoms with van der Waals surface area (Å²) in [5, 5.41) is 35.1. The van der Waals surface area contributed by atoms with E-state index in [4.69, 9.17) is 143 Å². The average Bonchev–Trinajstić information content (AvgIpc) is 0.832. The molecule has 12 rings (SSSR count). The van der Waals surface area contributed by atoms with Gasteiger partial charge in [0.05, 0.1) is 27.2 Å². The lowest BCUT2D eigenvalue weighted by Crippen LogP contribution is -2.42. The van der Waals surface area contributed by atoms with E-state index in [0.29, 0.717) is 86.0 Å². The Bertz CT molecular complexity index is 5930. The fraction of sp³-hybridized carbons (Fsp3) is 0.0667. The van der Waals surface area contributed by atoms with Crippen molar-refractivity contribution in [3.63, 3.8) is 0 Å². The standard InChI is InChI=1S/C23H19Cl2N3O3.C23H19Cl2N3O2.C22H15Cl4N3O2.C22H16Cl2FN3O2/c1-31-19-13-16(10-11-18(19)25)22(29)27-20(15-8-5-9-17(24)12-15)23(30)28-21(26)14-6-3-2-4-7-14;1-14-12-17(10-11-19(14)25)22(29)27-20(16-8-5-9-18(24)13-16)23(30)28-21(26)15-6-3-2-4-7-15;23-15-8-14(9-16(24)11-15)21(30)28-19(13-6-7-17(25)18(26)10-13)22(31)29-20(27)12-4-2-1-3-5-12;23-16-8-4-7-14(11-16)19(22(30)28-20(26)13-5-2-1-3-6-13)27-21(29)15-9-10-18(25)17(24)12-15/h2-13,20H,1H3,(H,27,29)(H2,26,28,30);2-13,20H,1H3,(H,27,29)(H2,26,28,30);1-11,19H,(H,28,30)(H2,27,29,31);1-12,19H,(H,27,29)(H2,26,28,30). The molecule has 4 unspecified atom stereocenters. The van der Waals surface area contributed by atoms with Crippen molar-refractivity contribution in [2.24, 2.45) is 21.5 Å². The summed E-state index contributed by atoms with van der Waals surface area (Å²) < 4.78 is 18.6. The van der Waals surface area contributed by atoms with Crippen molar-refractivity contribution in [1.29, 1.82) is 10.8 Å². The van der Waals surface area contributed by atoms with E-state index < -0.39 is 77.2 Å². The maximum absolute atomic E-state index is 13.4. The summed E-state index contributed by atoms with van der Waals surface area (Å²) in [5.41, 5.74) is 17.6. The van der Waals surface area contributed by atoms with E-state index in [1.807, 2.05) is 18.2 Å². The number of aryl methyl sites for hydroxylation is 1. The van der Waals surface area contributed by atoms with Gasteiger partial charge in [0.25, 0.3) is 47.3 Å². The number of methoxy groups -OCH3 is 1. The Labute approximate surface area is 749 Å². The van der Waals surface area contributed by atoms with Crippen LogP contribution in [0, 0.1) is 23.6 Å². The number of nitrogens with one attached hydrogen (secondary N) is 8. The zero-order chi connectivity index (χ0) is 88.3. The van der Waals surface area contributed by atoms with Gasteiger partial charge in [0.2, 0.25) is 0 Å². The van der Waals surface area contributed by atoms with Crippen LogP contribution >= 0.6 is 116 Å². The third kappa shape index (κ3) is 27.4. The van der Waals surface area contributed by atoms with Crippen molar-refractivity contribution in [1.82, 2.24) is 31.9 Å². The number of hydrogen-bond donors (Lipinski definition) is 10. The summed E-state index contributed by atoms with van der Waals surface area (Å²) >= 11 is 60.1. The minimum atomic E-state index is -1.18. The van der Waals surface area contributed by atoms with Crippen LogP contribution in [-0.4, -0.2) is 77.7 Å². The molecule has 0 aliphatic rings. The van der Waals surface area contributed by atoms with Gasteiger partial charge in [0, 0.05) is 74.6 Å². The van der Waals surface area contributed by atoms with Crippen molar-refractivity contribution in [2.45, 2.75) is 31.1 Å². The number of hydrogen-bond acceptors (Lipinski definition) is 11. The van der Waals surface area contributed by atoms with Gasteiger partial charge in [-0.05, 0) is 156 Å². The molecular weight excluding hydrogens is 1770 g/mol. The maximum Gasteiger partial charge on any atom is 0.274 e. The molecule has 0 spiro atoms. The number of nitrogens with zero attached hydrogens (tertiary/aromatic N) is 2. The molecule has 0 aliphatic carbocycles. The molecule has 8 amide bonds. The minimum absolute atomic E-state index is 0.00621. The normalized spacial score (nSPS) is 11.8. The van der Waals surface area contributed by atoms with Gasteiger partial charge < -0.3 is 48.1 Å². The molecule has 0 aliphatic heterocycles. The highest BCUT2D eigenvalue weighted by Gasteiger charge is 2.30. The Kier molecular flexibility index (Phi) is 34.8. The van der Waals surface area contributed by atoms with Crippen LogP contribution < -0.4 is 48.1 Å². The van der Waals surface area contributed by atoms with Crippen LogP contribution in [0.3, 0.4) is 0 Å². The summed E-state index contributed by atoms with van der Waals surface area (Å²) in [5.74, 6) is -5.14. The van der Waals surface area contributed by atoms with E-state index in [1.165, 1.54) is 73.8 Å². The highest BCUT2D eigenvalue weighted by molar-refractivity contribution is 6.42. The highest BCUT2D eigenvalue weighted by atomic mass is 35.5. The second-order valence-electron chi connectivity index (χ2n) is 25.9. The lowest BCUT2D eigenvalue weighted by Gasteiger charge is -2.20. The van der Waals surface area contributed by atoms with Crippen LogP contribution in [-0.2, 0) is 19.2 Å². The first kappa shape index (κ1) is 93.6. The Balaban J connectivity index is 0.000000185. The maximum atomic E-state index is 13.4. The summed E-state index contributed by atoms with van der Waals surface area (Å²) in [6.45, 7) is 1.79. The average molecular weight is 1840 g/mol. The number of ether oxygens (including phenoxy) is 1. The molecule has 0 heterocycles. The SMILES string of the molecule is COc1cc(C(=O)NC(C(=O)NC(=N)c2ccccc2)c2cccc(Cl)c2)ccc1Cl.Cc1cc(C(=O)NC(C(=O)NC(=N)c2ccccc2)c2cccc(Cl)c2)ccc1Cl.NC(=NC(=O)C(NC(=O)c1cc(Cl)cc(Cl)c1)c1ccc(Cl)c(Cl)c1)c1ccccc1.NC(=NC(=O)C(NC(=O)c1ccc(F)c(Cl)c1)c1cccc(Cl)c1)c1ccccc1. The van der Waals surface area contributed by atoms with Crippen molar-refractivity contribution in [3.8, 4) is 5.75 Å². The van der Waals surface area contributed by atoms with Gasteiger partial charge in [-0.2, -0.15) is 9.98 Å². The van der Waals surface area contributed by atoms with Gasteiger partial charge in [-0.1, -0.05) is 280 Å². The van der Waals surface area contributed by atoms with Gasteiger partial charge in [-0.25, -0.2) is 4.39 Å². The first-order valence-electron chi connectivity index (χ1n) is 36.1. The zero-order valence-corrected chi connectivity index (χ0v) is 71.4. The summed E-state index contributed by atoms with van der Waals surface area (Å²) in [6.07, 6.45) is 0. The number of benzene rings is 12. The minimum Gasteiger partial charge on any atom is -0.495 e. The monoisotopic (exact) mass is 1830 g/mol. The highest BCUT2D eigenvalue weighted by Crippen LogP contribution is 2.31. The van der Waals surface area contributed by atoms with E-state index in [9.17, 15) is 42.7 Å². The molecule has 12 aromatic carbocycles. The van der Waals surface area contributed by atoms with Crippen molar-refractivity contribution in [3.05, 3.63) is 413 Å². The van der Waals surface area contributed by atoms with Gasteiger partial charge in [-0.3, -0.25) is 49.2 Å². The van der Waals surface area contributed by atoms with Crippen LogP contribution in [0.15, 0.2) is 295 Å². The van der Waals surface area contributed by atoms with Crippen LogP contribution in [0.5, 0.6) is 5.75 Å². The largest absolute Gasteiger partial charge is 0.495 e. The van der Waals surface area contributed by atoms with E-state index in [-0.39, 0.29) is 60.1 Å². The molecule has 12 aromatic rings. The number of amides is 8. The lowest BCUT2D eigenvalue weighted by molar-refractivity contribution is -0.122. The van der Waals surface area contributed by atoms with E-state index >= 15 is 0 Å². The molecule has 0 saturated carbocycles. The molecule has 122 heavy (non-hydrogen) atoms. The van der Waals surface area contributed by atoms with Crippen LogP contribution in [0.4, 0.5) is 4.39 Å². The zero-order valence-electron chi connectivity index (χ0n) is 63.8. The number of nitrogens with two attached hydrogens (primary N) is 2. The van der Waals surface area contributed by atoms with Crippen LogP contribution in [0.25, 0.3) is 0 Å². The van der Waals surface area contributed by atoms with Gasteiger partial charge >= 0.3 is 0 Å². The molecule has 12 N–H and O–H groups in total. The van der Waals surface area contributed by atoms with E-state index in [0.717, 1.165) is 11.6 Å². The number of carbonyl (C=O) groups excluding carboxylic acids is 8. The van der Waals surface area contributed by atoms with Crippen LogP contribution in [0.1, 0.15) is 116 Å². The van der Waals surface area contributed by atoms with Crippen LogP contribution in [0.2, 0.25) is 50.2 Å². The molecule has 21 nitrogen and oxygen atoms in total. The van der Waals surface area contributed by atoms with E-state index in [2.05, 4.69) is 41.9 Å². The molecule has 0 radical (unpaired) electrons. The van der Waals surface area contributed by atoms with Gasteiger partial charge in [0.1, 0.15) is 59.1 Å². The number of rotatable bonds is 21. The number of aliphatic imine (C=N–C) groups is 2. The first-order chi connectivity index (χ1) is 58.3. The van der Waals surface area contributed by atoms with Crippen molar-refractivity contribution in [2.75, 3.05) is 7.11 Å². The second kappa shape index (κ2) is 45.4. The topological polar surface area (TPSA) is 342 Å². The molecular formula is C90H69Cl10FN12O9. The second-order valence-corrected chi connectivity index (χ2v) is 30.1. The number of halogens is 11. The Morgan fingerprint density at radius 3 is 1.07 bits per heavy atom. The fourth-order valence-corrected chi connectivity index (χ4v) is 13.1.